The molecule has 0 saturated carbocycles. The molecule has 0 unspecified atom stereocenters. The van der Waals surface area contributed by atoms with Gasteiger partial charge in [-0.05, 0) is 26.0 Å². The summed E-state index contributed by atoms with van der Waals surface area (Å²) in [6.45, 7) is 3.88. The molecule has 0 spiro atoms. The lowest BCUT2D eigenvalue weighted by molar-refractivity contribution is -0.121. The third-order valence-corrected chi connectivity index (χ3v) is 4.86. The number of carbonyl (C=O) groups excluding carboxylic acids is 2. The van der Waals surface area contributed by atoms with E-state index in [2.05, 4.69) is 15.8 Å². The van der Waals surface area contributed by atoms with Crippen molar-refractivity contribution in [2.75, 3.05) is 0 Å². The molecule has 138 valence electrons. The number of amides is 2. The van der Waals surface area contributed by atoms with E-state index in [1.807, 2.05) is 38.1 Å². The van der Waals surface area contributed by atoms with Gasteiger partial charge in [0.25, 0.3) is 5.91 Å². The number of aryl methyl sites for hydroxylation is 2. The number of carbonyl (C=O) groups is 2. The second-order valence-electron chi connectivity index (χ2n) is 6.03. The molecule has 2 amide bonds. The molecule has 0 fully saturated rings. The van der Waals surface area contributed by atoms with Crippen molar-refractivity contribution in [2.24, 2.45) is 0 Å². The number of hydrazine groups is 1. The lowest BCUT2D eigenvalue weighted by atomic mass is 10.1. The number of nitrogens with one attached hydrogen (secondary N) is 2. The van der Waals surface area contributed by atoms with Crippen molar-refractivity contribution < 1.29 is 14.0 Å². The van der Waals surface area contributed by atoms with Crippen molar-refractivity contribution in [1.82, 2.24) is 15.8 Å². The summed E-state index contributed by atoms with van der Waals surface area (Å²) in [6.07, 6.45) is 0.0618. The minimum atomic E-state index is -0.708. The molecule has 2 aromatic carbocycles. The molecular weight excluding hydrogens is 365 g/mol. The second-order valence-corrected chi connectivity index (χ2v) is 7.32. The summed E-state index contributed by atoms with van der Waals surface area (Å²) in [5.41, 5.74) is 7.26. The van der Waals surface area contributed by atoms with Gasteiger partial charge in [0.2, 0.25) is 5.91 Å². The Morgan fingerprint density at radius 1 is 1.04 bits per heavy atom. The first-order valence-corrected chi connectivity index (χ1v) is 9.13. The van der Waals surface area contributed by atoms with Crippen LogP contribution in [-0.2, 0) is 11.2 Å². The van der Waals surface area contributed by atoms with Crippen LogP contribution in [0.4, 0.5) is 4.39 Å². The molecule has 7 heteroatoms. The summed E-state index contributed by atoms with van der Waals surface area (Å²) in [7, 11) is 0. The van der Waals surface area contributed by atoms with Crippen molar-refractivity contribution in [3.8, 4) is 11.3 Å². The predicted octanol–water partition coefficient (Wildman–Crippen LogP) is 3.57. The molecule has 1 aromatic heterocycles. The number of hydrogen-bond acceptors (Lipinski definition) is 4. The summed E-state index contributed by atoms with van der Waals surface area (Å²) < 4.78 is 13.6. The van der Waals surface area contributed by atoms with E-state index in [9.17, 15) is 14.0 Å². The number of nitrogens with zero attached hydrogens (tertiary/aromatic N) is 1. The topological polar surface area (TPSA) is 71.1 Å². The van der Waals surface area contributed by atoms with E-state index in [-0.39, 0.29) is 12.0 Å². The van der Waals surface area contributed by atoms with E-state index in [1.165, 1.54) is 29.5 Å². The number of benzene rings is 2. The van der Waals surface area contributed by atoms with Gasteiger partial charge in [0, 0.05) is 10.4 Å². The van der Waals surface area contributed by atoms with Crippen LogP contribution in [0, 0.1) is 19.7 Å². The predicted molar refractivity (Wildman–Crippen MR) is 103 cm³/mol. The number of aromatic nitrogens is 1. The molecule has 0 bridgehead atoms. The van der Waals surface area contributed by atoms with E-state index in [4.69, 9.17) is 0 Å². The first-order chi connectivity index (χ1) is 12.9. The molecule has 2 N–H and O–H groups in total. The summed E-state index contributed by atoms with van der Waals surface area (Å²) >= 11 is 1.43. The maximum Gasteiger partial charge on any atom is 0.272 e. The van der Waals surface area contributed by atoms with Crippen molar-refractivity contribution in [2.45, 2.75) is 20.3 Å². The van der Waals surface area contributed by atoms with Crippen LogP contribution in [0.1, 0.15) is 25.8 Å². The van der Waals surface area contributed by atoms with Crippen LogP contribution in [0.3, 0.4) is 0 Å². The molecule has 5 nitrogen and oxygen atoms in total. The molecular formula is C20H18FN3O2S. The van der Waals surface area contributed by atoms with E-state index in [1.54, 1.807) is 6.07 Å². The van der Waals surface area contributed by atoms with Crippen molar-refractivity contribution in [3.63, 3.8) is 0 Å². The van der Waals surface area contributed by atoms with E-state index in [0.29, 0.717) is 0 Å². The first kappa shape index (κ1) is 18.7. The Morgan fingerprint density at radius 3 is 2.44 bits per heavy atom. The Hall–Kier alpha value is -3.06. The standard InChI is InChI=1S/C20H18FN3O2S/c1-12-7-9-14(10-8-12)19-17(27-13(2)22-19)11-18(25)23-24-20(26)15-5-3-4-6-16(15)21/h3-10H,11H2,1-2H3,(H,23,25)(H,24,26). The highest BCUT2D eigenvalue weighted by atomic mass is 32.1. The summed E-state index contributed by atoms with van der Waals surface area (Å²) in [4.78, 5) is 29.5. The lowest BCUT2D eigenvalue weighted by Gasteiger charge is -2.08. The molecule has 27 heavy (non-hydrogen) atoms. The van der Waals surface area contributed by atoms with Gasteiger partial charge in [-0.25, -0.2) is 9.37 Å². The minimum absolute atomic E-state index is 0.0618. The van der Waals surface area contributed by atoms with Crippen LogP contribution in [0.2, 0.25) is 0 Å². The maximum atomic E-state index is 13.6. The maximum absolute atomic E-state index is 13.6. The molecule has 1 heterocycles. The van der Waals surface area contributed by atoms with Gasteiger partial charge in [-0.3, -0.25) is 20.4 Å². The van der Waals surface area contributed by atoms with Gasteiger partial charge in [0.15, 0.2) is 0 Å². The van der Waals surface area contributed by atoms with Crippen LogP contribution in [-0.4, -0.2) is 16.8 Å². The Balaban J connectivity index is 1.67. The number of rotatable bonds is 4. The number of thiazole rings is 1. The average Bonchev–Trinajstić information content (AvgIpc) is 3.01. The summed E-state index contributed by atoms with van der Waals surface area (Å²) in [5.74, 6) is -1.76. The van der Waals surface area contributed by atoms with Crippen molar-refractivity contribution in [3.05, 3.63) is 75.4 Å². The van der Waals surface area contributed by atoms with Gasteiger partial charge in [-0.2, -0.15) is 0 Å². The summed E-state index contributed by atoms with van der Waals surface area (Å²) in [6, 6.07) is 13.5. The third-order valence-electron chi connectivity index (χ3n) is 3.88. The van der Waals surface area contributed by atoms with Crippen LogP contribution < -0.4 is 10.9 Å². The zero-order valence-corrected chi connectivity index (χ0v) is 15.7. The van der Waals surface area contributed by atoms with Crippen molar-refractivity contribution in [1.29, 1.82) is 0 Å². The fourth-order valence-corrected chi connectivity index (χ4v) is 3.51. The van der Waals surface area contributed by atoms with Crippen LogP contribution >= 0.6 is 11.3 Å². The molecule has 0 aliphatic rings. The number of halogens is 1. The van der Waals surface area contributed by atoms with Gasteiger partial charge in [0.05, 0.1) is 22.7 Å². The first-order valence-electron chi connectivity index (χ1n) is 8.31. The summed E-state index contributed by atoms with van der Waals surface area (Å²) in [5, 5.41) is 0.851. The monoisotopic (exact) mass is 383 g/mol. The number of hydrogen-bond donors (Lipinski definition) is 2. The van der Waals surface area contributed by atoms with Crippen LogP contribution in [0.15, 0.2) is 48.5 Å². The zero-order valence-electron chi connectivity index (χ0n) is 14.9. The van der Waals surface area contributed by atoms with Gasteiger partial charge < -0.3 is 0 Å². The van der Waals surface area contributed by atoms with Gasteiger partial charge >= 0.3 is 0 Å². The zero-order chi connectivity index (χ0) is 19.4. The molecule has 0 atom stereocenters. The largest absolute Gasteiger partial charge is 0.273 e. The van der Waals surface area contributed by atoms with Gasteiger partial charge in [-0.15, -0.1) is 11.3 Å². The normalized spacial score (nSPS) is 10.5. The quantitative estimate of drug-likeness (QED) is 0.677. The molecule has 0 aliphatic heterocycles. The molecule has 3 aromatic rings. The SMILES string of the molecule is Cc1ccc(-c2nc(C)sc2CC(=O)NNC(=O)c2ccccc2F)cc1. The smallest absolute Gasteiger partial charge is 0.272 e. The van der Waals surface area contributed by atoms with Crippen molar-refractivity contribution >= 4 is 23.2 Å². The van der Waals surface area contributed by atoms with E-state index >= 15 is 0 Å². The Kier molecular flexibility index (Phi) is 5.61. The molecule has 0 aliphatic carbocycles. The second kappa shape index (κ2) is 8.09. The highest BCUT2D eigenvalue weighted by Gasteiger charge is 2.16. The fourth-order valence-electron chi connectivity index (χ4n) is 2.56. The lowest BCUT2D eigenvalue weighted by Crippen LogP contribution is -2.42. The van der Waals surface area contributed by atoms with Gasteiger partial charge in [-0.1, -0.05) is 42.0 Å². The fraction of sp³-hybridized carbons (Fsp3) is 0.150. The highest BCUT2D eigenvalue weighted by Crippen LogP contribution is 2.28. The highest BCUT2D eigenvalue weighted by molar-refractivity contribution is 7.12. The minimum Gasteiger partial charge on any atom is -0.273 e. The van der Waals surface area contributed by atoms with E-state index < -0.39 is 17.6 Å². The van der Waals surface area contributed by atoms with Gasteiger partial charge in [0.1, 0.15) is 5.82 Å². The Labute approximate surface area is 160 Å². The third kappa shape index (κ3) is 4.57. The molecule has 0 saturated heterocycles. The Morgan fingerprint density at radius 2 is 1.74 bits per heavy atom. The van der Waals surface area contributed by atoms with Crippen LogP contribution in [0.25, 0.3) is 11.3 Å². The van der Waals surface area contributed by atoms with E-state index in [0.717, 1.165) is 26.7 Å². The average molecular weight is 383 g/mol. The van der Waals surface area contributed by atoms with Crippen LogP contribution in [0.5, 0.6) is 0 Å². The molecule has 0 radical (unpaired) electrons. The Bertz CT molecular complexity index is 983. The molecule has 3 rings (SSSR count).